The van der Waals surface area contributed by atoms with Gasteiger partial charge in [-0.25, -0.2) is 4.79 Å². The van der Waals surface area contributed by atoms with Gasteiger partial charge in [-0.15, -0.1) is 0 Å². The number of carbonyl (C=O) groups is 1. The number of hydrogen-bond donors (Lipinski definition) is 1. The molecule has 0 saturated heterocycles. The molecule has 0 aromatic heterocycles. The zero-order chi connectivity index (χ0) is 13.0. The van der Waals surface area contributed by atoms with Crippen molar-refractivity contribution in [1.82, 2.24) is 0 Å². The summed E-state index contributed by atoms with van der Waals surface area (Å²) in [6.45, 7) is 0. The summed E-state index contributed by atoms with van der Waals surface area (Å²) in [5.41, 5.74) is 1.12. The molecule has 19 heavy (non-hydrogen) atoms. The molecule has 0 amide bonds. The van der Waals surface area contributed by atoms with Gasteiger partial charge in [0.1, 0.15) is 0 Å². The fourth-order valence-electron chi connectivity index (χ4n) is 1.87. The SMILES string of the molecule is O.O=IC(C(=O)O)(c1ccccc1)c1ccccc1. The van der Waals surface area contributed by atoms with Crippen LogP contribution in [0.5, 0.6) is 0 Å². The first-order chi connectivity index (χ1) is 8.71. The molecule has 2 rings (SSSR count). The van der Waals surface area contributed by atoms with Gasteiger partial charge in [-0.1, -0.05) is 60.7 Å². The molecule has 0 bridgehead atoms. The van der Waals surface area contributed by atoms with Gasteiger partial charge in [-0.2, -0.15) is 0 Å². The predicted molar refractivity (Wildman–Crippen MR) is 79.6 cm³/mol. The number of alkyl halides is 1. The van der Waals surface area contributed by atoms with Gasteiger partial charge in [-0.3, -0.25) is 3.07 Å². The lowest BCUT2D eigenvalue weighted by molar-refractivity contribution is -0.138. The highest BCUT2D eigenvalue weighted by molar-refractivity contribution is 14.1. The average molecular weight is 372 g/mol. The molecule has 0 heterocycles. The second-order valence-corrected chi connectivity index (χ2v) is 5.83. The monoisotopic (exact) mass is 372 g/mol. The Hall–Kier alpha value is -1.60. The van der Waals surface area contributed by atoms with Gasteiger partial charge in [0.05, 0.1) is 0 Å². The smallest absolute Gasteiger partial charge is 0.331 e. The van der Waals surface area contributed by atoms with Gasteiger partial charge in [-0.05, 0) is 11.1 Å². The number of benzene rings is 2. The number of carboxylic acids is 1. The largest absolute Gasteiger partial charge is 0.480 e. The molecule has 0 atom stereocenters. The second kappa shape index (κ2) is 6.53. The van der Waals surface area contributed by atoms with Crippen LogP contribution in [0.2, 0.25) is 0 Å². The fourth-order valence-corrected chi connectivity index (χ4v) is 3.29. The molecule has 0 aliphatic carbocycles. The van der Waals surface area contributed by atoms with Crippen molar-refractivity contribution in [3.8, 4) is 0 Å². The van der Waals surface area contributed by atoms with E-state index in [4.69, 9.17) is 0 Å². The molecule has 0 saturated carbocycles. The first-order valence-electron chi connectivity index (χ1n) is 5.34. The number of aliphatic carboxylic acids is 1. The molecular weight excluding hydrogens is 359 g/mol. The lowest BCUT2D eigenvalue weighted by atomic mass is 9.91. The summed E-state index contributed by atoms with van der Waals surface area (Å²) < 4.78 is 10.3. The lowest BCUT2D eigenvalue weighted by Crippen LogP contribution is -2.31. The van der Waals surface area contributed by atoms with E-state index in [2.05, 4.69) is 0 Å². The summed E-state index contributed by atoms with van der Waals surface area (Å²) in [5, 5.41) is 9.56. The van der Waals surface area contributed by atoms with E-state index in [1.54, 1.807) is 48.5 Å². The summed E-state index contributed by atoms with van der Waals surface area (Å²) >= 11 is -1.79. The van der Waals surface area contributed by atoms with E-state index >= 15 is 0 Å². The van der Waals surface area contributed by atoms with Crippen molar-refractivity contribution in [1.29, 1.82) is 0 Å². The molecule has 0 radical (unpaired) electrons. The van der Waals surface area contributed by atoms with E-state index in [9.17, 15) is 13.0 Å². The fraction of sp³-hybridized carbons (Fsp3) is 0.0714. The third-order valence-electron chi connectivity index (χ3n) is 2.75. The van der Waals surface area contributed by atoms with Crippen molar-refractivity contribution < 1.29 is 18.4 Å². The van der Waals surface area contributed by atoms with E-state index in [0.29, 0.717) is 11.1 Å². The summed E-state index contributed by atoms with van der Waals surface area (Å²) in [4.78, 5) is 11.7. The van der Waals surface area contributed by atoms with Crippen LogP contribution in [0, 0.1) is 0 Å². The van der Waals surface area contributed by atoms with Crippen molar-refractivity contribution in [3.05, 3.63) is 71.8 Å². The molecule has 2 aromatic carbocycles. The maximum atomic E-state index is 11.7. The zero-order valence-corrected chi connectivity index (χ0v) is 12.1. The first-order valence-corrected chi connectivity index (χ1v) is 7.30. The molecular formula is C14H13IO4. The van der Waals surface area contributed by atoms with Crippen molar-refractivity contribution in [2.75, 3.05) is 0 Å². The normalized spacial score (nSPS) is 10.5. The van der Waals surface area contributed by atoms with Gasteiger partial charge in [0.25, 0.3) is 0 Å². The minimum atomic E-state index is -1.79. The quantitative estimate of drug-likeness (QED) is 0.661. The summed E-state index contributed by atoms with van der Waals surface area (Å²) in [5.74, 6) is -1.07. The molecule has 0 aliphatic rings. The Morgan fingerprint density at radius 2 is 1.26 bits per heavy atom. The van der Waals surface area contributed by atoms with Crippen LogP contribution in [0.3, 0.4) is 0 Å². The Morgan fingerprint density at radius 3 is 1.53 bits per heavy atom. The molecule has 0 aliphatic heterocycles. The maximum Gasteiger partial charge on any atom is 0.331 e. The van der Waals surface area contributed by atoms with E-state index in [1.165, 1.54) is 0 Å². The second-order valence-electron chi connectivity index (χ2n) is 3.77. The number of halogens is 1. The topological polar surface area (TPSA) is 85.9 Å². The Balaban J connectivity index is 0.00000180. The van der Waals surface area contributed by atoms with Gasteiger partial charge in [0.2, 0.25) is 3.42 Å². The zero-order valence-electron chi connectivity index (χ0n) is 9.92. The van der Waals surface area contributed by atoms with Crippen LogP contribution in [0.1, 0.15) is 11.1 Å². The minimum absolute atomic E-state index is 0. The number of carboxylic acid groups (broad SMARTS) is 1. The highest BCUT2D eigenvalue weighted by Crippen LogP contribution is 2.42. The predicted octanol–water partition coefficient (Wildman–Crippen LogP) is 2.51. The Bertz CT molecular complexity index is 515. The van der Waals surface area contributed by atoms with Crippen LogP contribution in [0.4, 0.5) is 0 Å². The van der Waals surface area contributed by atoms with Crippen LogP contribution in [0.25, 0.3) is 0 Å². The van der Waals surface area contributed by atoms with E-state index in [1.807, 2.05) is 12.1 Å². The molecule has 3 N–H and O–H groups in total. The Morgan fingerprint density at radius 1 is 0.895 bits per heavy atom. The Labute approximate surface area is 121 Å². The van der Waals surface area contributed by atoms with Crippen LogP contribution in [-0.4, -0.2) is 16.6 Å². The Kier molecular flexibility index (Phi) is 5.31. The molecule has 4 nitrogen and oxygen atoms in total. The maximum absolute atomic E-state index is 11.7. The third kappa shape index (κ3) is 2.71. The highest BCUT2D eigenvalue weighted by Gasteiger charge is 2.43. The van der Waals surface area contributed by atoms with Gasteiger partial charge in [0.15, 0.2) is 21.2 Å². The van der Waals surface area contributed by atoms with E-state index in [-0.39, 0.29) is 5.48 Å². The molecule has 0 spiro atoms. The summed E-state index contributed by atoms with van der Waals surface area (Å²) in [7, 11) is 0. The number of hydrogen-bond acceptors (Lipinski definition) is 2. The number of rotatable bonds is 4. The molecule has 0 fully saturated rings. The van der Waals surface area contributed by atoms with Crippen molar-refractivity contribution in [2.24, 2.45) is 0 Å². The first kappa shape index (κ1) is 15.5. The minimum Gasteiger partial charge on any atom is -0.480 e. The molecule has 0 unspecified atom stereocenters. The molecule has 2 aromatic rings. The third-order valence-corrected chi connectivity index (χ3v) is 5.12. The van der Waals surface area contributed by atoms with Gasteiger partial charge < -0.3 is 10.6 Å². The summed E-state index contributed by atoms with van der Waals surface area (Å²) in [6, 6.07) is 17.5. The average Bonchev–Trinajstić information content (AvgIpc) is 2.42. The van der Waals surface area contributed by atoms with Crippen LogP contribution in [0.15, 0.2) is 60.7 Å². The van der Waals surface area contributed by atoms with Crippen molar-refractivity contribution in [2.45, 2.75) is 3.42 Å². The van der Waals surface area contributed by atoms with Gasteiger partial charge >= 0.3 is 5.97 Å². The van der Waals surface area contributed by atoms with Crippen LogP contribution in [-0.2, 0) is 11.3 Å². The van der Waals surface area contributed by atoms with E-state index < -0.39 is 30.6 Å². The van der Waals surface area contributed by atoms with Crippen molar-refractivity contribution >= 4 is 27.2 Å². The standard InChI is InChI=1S/C14H11IO3.H2O/c16-13(17)14(15-18,11-7-3-1-4-8-11)12-9-5-2-6-10-12;/h1-10H,(H,16,17);1H2. The summed E-state index contributed by atoms with van der Waals surface area (Å²) in [6.07, 6.45) is 0. The van der Waals surface area contributed by atoms with Crippen molar-refractivity contribution in [3.63, 3.8) is 0 Å². The van der Waals surface area contributed by atoms with Crippen LogP contribution < -0.4 is 0 Å². The lowest BCUT2D eigenvalue weighted by Gasteiger charge is -2.23. The van der Waals surface area contributed by atoms with Gasteiger partial charge in [0, 0.05) is 0 Å². The molecule has 5 heteroatoms. The highest BCUT2D eigenvalue weighted by atomic mass is 127. The van der Waals surface area contributed by atoms with E-state index in [0.717, 1.165) is 0 Å². The molecule has 100 valence electrons. The van der Waals surface area contributed by atoms with Crippen LogP contribution >= 0.6 is 21.2 Å².